The van der Waals surface area contributed by atoms with Gasteiger partial charge in [-0.15, -0.1) is 5.10 Å². The van der Waals surface area contributed by atoms with Gasteiger partial charge in [0.05, 0.1) is 47.5 Å². The summed E-state index contributed by atoms with van der Waals surface area (Å²) in [6.45, 7) is 0. The third kappa shape index (κ3) is 4.55. The fourth-order valence-electron chi connectivity index (χ4n) is 3.80. The Bertz CT molecular complexity index is 1500. The number of methoxy groups -OCH3 is 1. The van der Waals surface area contributed by atoms with Crippen LogP contribution in [0.2, 0.25) is 5.02 Å². The molecule has 172 valence electrons. The molecule has 5 rings (SSSR count). The maximum atomic E-state index is 9.76. The Morgan fingerprint density at radius 3 is 2.63 bits per heavy atom. The number of hydrogen-bond acceptors (Lipinski definition) is 8. The molecule has 0 unspecified atom stereocenters. The molecule has 2 aromatic carbocycles. The van der Waals surface area contributed by atoms with E-state index in [4.69, 9.17) is 16.3 Å². The van der Waals surface area contributed by atoms with Crippen molar-refractivity contribution in [3.63, 3.8) is 0 Å². The van der Waals surface area contributed by atoms with Crippen molar-refractivity contribution < 1.29 is 4.74 Å². The molecule has 0 aliphatic carbocycles. The van der Waals surface area contributed by atoms with Gasteiger partial charge in [-0.05, 0) is 23.8 Å². The van der Waals surface area contributed by atoms with Crippen LogP contribution in [0.3, 0.4) is 0 Å². The van der Waals surface area contributed by atoms with Crippen molar-refractivity contribution >= 4 is 39.6 Å². The number of nitrogens with zero attached hydrogens (tertiary/aromatic N) is 5. The molecule has 1 atom stereocenters. The van der Waals surface area contributed by atoms with Crippen LogP contribution in [0.5, 0.6) is 5.88 Å². The number of rotatable bonds is 7. The molecule has 0 fully saturated rings. The number of anilines is 3. The summed E-state index contributed by atoms with van der Waals surface area (Å²) in [7, 11) is 1.55. The van der Waals surface area contributed by atoms with E-state index in [1.54, 1.807) is 37.7 Å². The highest BCUT2D eigenvalue weighted by Crippen LogP contribution is 2.37. The Kier molecular flexibility index (Phi) is 6.11. The number of fused-ring (bicyclic) bond motifs is 1. The van der Waals surface area contributed by atoms with Crippen molar-refractivity contribution in [3.05, 3.63) is 95.0 Å². The lowest BCUT2D eigenvalue weighted by atomic mass is 10.0. The monoisotopic (exact) mass is 482 g/mol. The van der Waals surface area contributed by atoms with Crippen molar-refractivity contribution in [2.45, 2.75) is 6.04 Å². The number of H-pyrrole nitrogens is 1. The van der Waals surface area contributed by atoms with Crippen molar-refractivity contribution in [1.82, 2.24) is 25.4 Å². The van der Waals surface area contributed by atoms with Gasteiger partial charge in [-0.1, -0.05) is 47.1 Å². The number of ether oxygens (including phenoxy) is 1. The minimum atomic E-state index is -0.309. The lowest BCUT2D eigenvalue weighted by Gasteiger charge is -2.20. The molecule has 9 nitrogen and oxygen atoms in total. The maximum Gasteiger partial charge on any atom is 0.213 e. The van der Waals surface area contributed by atoms with E-state index in [0.29, 0.717) is 50.1 Å². The van der Waals surface area contributed by atoms with Gasteiger partial charge >= 0.3 is 0 Å². The molecule has 0 saturated heterocycles. The number of benzene rings is 2. The number of nitriles is 1. The van der Waals surface area contributed by atoms with Gasteiger partial charge in [-0.3, -0.25) is 10.1 Å². The second-order valence-electron chi connectivity index (χ2n) is 7.61. The Labute approximate surface area is 205 Å². The Morgan fingerprint density at radius 2 is 1.94 bits per heavy atom. The molecule has 0 saturated carbocycles. The first-order valence-electron chi connectivity index (χ1n) is 10.6. The van der Waals surface area contributed by atoms with Crippen LogP contribution in [0.15, 0.2) is 73.2 Å². The van der Waals surface area contributed by atoms with Gasteiger partial charge in [0.15, 0.2) is 0 Å². The Hall–Kier alpha value is -4.68. The van der Waals surface area contributed by atoms with Crippen LogP contribution in [0.4, 0.5) is 17.1 Å². The fraction of sp³-hybridized carbons (Fsp3) is 0.0800. The molecule has 0 aliphatic rings. The van der Waals surface area contributed by atoms with Crippen LogP contribution < -0.4 is 15.4 Å². The average molecular weight is 483 g/mol. The molecule has 0 amide bonds. The highest BCUT2D eigenvalue weighted by molar-refractivity contribution is 6.32. The van der Waals surface area contributed by atoms with Crippen LogP contribution in [0.25, 0.3) is 10.9 Å². The quantitative estimate of drug-likeness (QED) is 0.288. The minimum Gasteiger partial charge on any atom is -0.481 e. The first-order chi connectivity index (χ1) is 17.2. The van der Waals surface area contributed by atoms with E-state index in [2.05, 4.69) is 42.1 Å². The van der Waals surface area contributed by atoms with Gasteiger partial charge in [0, 0.05) is 28.9 Å². The predicted octanol–water partition coefficient (Wildman–Crippen LogP) is 5.23. The molecule has 0 radical (unpaired) electrons. The smallest absolute Gasteiger partial charge is 0.213 e. The van der Waals surface area contributed by atoms with Gasteiger partial charge in [-0.25, -0.2) is 4.98 Å². The summed E-state index contributed by atoms with van der Waals surface area (Å²) in [6.07, 6.45) is 4.91. The highest BCUT2D eigenvalue weighted by atomic mass is 35.5. The zero-order valence-electron chi connectivity index (χ0n) is 18.5. The molecule has 3 heterocycles. The van der Waals surface area contributed by atoms with Crippen molar-refractivity contribution in [2.75, 3.05) is 17.7 Å². The molecular weight excluding hydrogens is 464 g/mol. The van der Waals surface area contributed by atoms with Gasteiger partial charge in [0.2, 0.25) is 5.88 Å². The molecule has 10 heteroatoms. The standard InChI is InChI=1S/C25H19ClN8O/c1-35-22-8-7-18(13-28-22)31-23-16(11-27)12-29-25-19(23)9-17(26)10-20(25)32-24(21-14-30-34-33-21)15-5-3-2-4-6-15/h2-10,12-14,24,32H,1H3,(H,29,31)(H,30,33,34)/t24-/m0/s1. The van der Waals surface area contributed by atoms with E-state index in [0.717, 1.165) is 5.56 Å². The van der Waals surface area contributed by atoms with Gasteiger partial charge < -0.3 is 15.4 Å². The lowest BCUT2D eigenvalue weighted by Crippen LogP contribution is -2.13. The van der Waals surface area contributed by atoms with Crippen LogP contribution in [-0.2, 0) is 0 Å². The topological polar surface area (TPSA) is 124 Å². The summed E-state index contributed by atoms with van der Waals surface area (Å²) in [4.78, 5) is 8.82. The molecular formula is C25H19ClN8O. The van der Waals surface area contributed by atoms with Gasteiger partial charge in [0.1, 0.15) is 11.8 Å². The lowest BCUT2D eigenvalue weighted by molar-refractivity contribution is 0.398. The summed E-state index contributed by atoms with van der Waals surface area (Å²) < 4.78 is 5.13. The van der Waals surface area contributed by atoms with E-state index < -0.39 is 0 Å². The minimum absolute atomic E-state index is 0.309. The molecule has 0 bridgehead atoms. The number of hydrogen-bond donors (Lipinski definition) is 3. The number of aromatic amines is 1. The average Bonchev–Trinajstić information content (AvgIpc) is 3.43. The Balaban J connectivity index is 1.61. The largest absolute Gasteiger partial charge is 0.481 e. The highest BCUT2D eigenvalue weighted by Gasteiger charge is 2.20. The first kappa shape index (κ1) is 22.1. The maximum absolute atomic E-state index is 9.76. The van der Waals surface area contributed by atoms with Crippen LogP contribution in [0, 0.1) is 11.3 Å². The fourth-order valence-corrected chi connectivity index (χ4v) is 4.02. The molecule has 0 aliphatic heterocycles. The number of aromatic nitrogens is 5. The first-order valence-corrected chi connectivity index (χ1v) is 11.0. The van der Waals surface area contributed by atoms with Crippen LogP contribution in [0.1, 0.15) is 22.9 Å². The Morgan fingerprint density at radius 1 is 1.09 bits per heavy atom. The molecule has 3 N–H and O–H groups in total. The third-order valence-electron chi connectivity index (χ3n) is 5.44. The summed E-state index contributed by atoms with van der Waals surface area (Å²) in [5.41, 5.74) is 4.66. The van der Waals surface area contributed by atoms with Crippen LogP contribution >= 0.6 is 11.6 Å². The van der Waals surface area contributed by atoms with Crippen LogP contribution in [-0.4, -0.2) is 32.5 Å². The van der Waals surface area contributed by atoms with Gasteiger partial charge in [-0.2, -0.15) is 5.26 Å². The third-order valence-corrected chi connectivity index (χ3v) is 5.65. The van der Waals surface area contributed by atoms with E-state index in [9.17, 15) is 5.26 Å². The van der Waals surface area contributed by atoms with Crippen molar-refractivity contribution in [1.29, 1.82) is 5.26 Å². The van der Waals surface area contributed by atoms with Crippen molar-refractivity contribution in [3.8, 4) is 11.9 Å². The second kappa shape index (κ2) is 9.67. The van der Waals surface area contributed by atoms with E-state index in [1.165, 1.54) is 6.20 Å². The molecule has 3 aromatic heterocycles. The van der Waals surface area contributed by atoms with E-state index in [1.807, 2.05) is 36.4 Å². The van der Waals surface area contributed by atoms with E-state index >= 15 is 0 Å². The molecule has 5 aromatic rings. The van der Waals surface area contributed by atoms with Crippen molar-refractivity contribution in [2.24, 2.45) is 0 Å². The van der Waals surface area contributed by atoms with E-state index in [-0.39, 0.29) is 6.04 Å². The zero-order chi connectivity index (χ0) is 24.2. The number of halogens is 1. The molecule has 0 spiro atoms. The summed E-state index contributed by atoms with van der Waals surface area (Å²) in [5, 5.41) is 28.6. The summed E-state index contributed by atoms with van der Waals surface area (Å²) >= 11 is 6.55. The second-order valence-corrected chi connectivity index (χ2v) is 8.05. The van der Waals surface area contributed by atoms with Gasteiger partial charge in [0.25, 0.3) is 0 Å². The zero-order valence-corrected chi connectivity index (χ0v) is 19.3. The summed E-state index contributed by atoms with van der Waals surface area (Å²) in [5.74, 6) is 0.491. The number of pyridine rings is 2. The SMILES string of the molecule is COc1ccc(Nc2c(C#N)cnc3c(N[C@@H](c4ccccc4)c4c[nH]nn4)cc(Cl)cc23)cn1. The molecule has 35 heavy (non-hydrogen) atoms. The normalized spacial score (nSPS) is 11.6. The summed E-state index contributed by atoms with van der Waals surface area (Å²) in [6, 6.07) is 18.9. The predicted molar refractivity (Wildman–Crippen MR) is 134 cm³/mol. The number of nitrogens with one attached hydrogen (secondary N) is 3.